The second kappa shape index (κ2) is 17.8. The SMILES string of the molecule is CC(C)C[C@@H](NC(=O)C(C)(C)NC(=O)OC(C)(C)C)C(=O)O.COC(=O)[C@@H](CC(C)C)NC(=O)C(C)(C)NC(=O)OC(C)(C)C. The van der Waals surface area contributed by atoms with Gasteiger partial charge in [0.15, 0.2) is 0 Å². The first-order valence-electron chi connectivity index (χ1n) is 15.0. The van der Waals surface area contributed by atoms with Crippen molar-refractivity contribution in [3.63, 3.8) is 0 Å². The smallest absolute Gasteiger partial charge is 0.408 e. The number of carboxylic acid groups (broad SMARTS) is 1. The number of hydrogen-bond acceptors (Lipinski definition) is 9. The molecular weight excluding hydrogens is 588 g/mol. The molecule has 14 nitrogen and oxygen atoms in total. The van der Waals surface area contributed by atoms with Gasteiger partial charge in [-0.3, -0.25) is 9.59 Å². The highest BCUT2D eigenvalue weighted by atomic mass is 16.6. The number of ether oxygens (including phenoxy) is 3. The molecular formula is C31H58N4O10. The van der Waals surface area contributed by atoms with Crippen LogP contribution in [0.5, 0.6) is 0 Å². The van der Waals surface area contributed by atoms with Crippen molar-refractivity contribution in [2.45, 2.75) is 144 Å². The van der Waals surface area contributed by atoms with Crippen molar-refractivity contribution < 1.29 is 48.1 Å². The second-order valence-electron chi connectivity index (χ2n) is 14.7. The number of rotatable bonds is 12. The Balaban J connectivity index is 0. The molecule has 0 rings (SSSR count). The van der Waals surface area contributed by atoms with Crippen LogP contribution in [0.25, 0.3) is 0 Å². The summed E-state index contributed by atoms with van der Waals surface area (Å²) >= 11 is 0. The van der Waals surface area contributed by atoms with Gasteiger partial charge in [-0.2, -0.15) is 0 Å². The van der Waals surface area contributed by atoms with E-state index in [1.807, 2.05) is 27.7 Å². The zero-order chi connectivity index (χ0) is 36.1. The summed E-state index contributed by atoms with van der Waals surface area (Å²) in [7, 11) is 1.27. The summed E-state index contributed by atoms with van der Waals surface area (Å²) in [5.74, 6) is -2.37. The lowest BCUT2D eigenvalue weighted by molar-refractivity contribution is -0.146. The number of methoxy groups -OCH3 is 1. The Morgan fingerprint density at radius 1 is 0.600 bits per heavy atom. The van der Waals surface area contributed by atoms with E-state index in [4.69, 9.17) is 19.3 Å². The predicted octanol–water partition coefficient (Wildman–Crippen LogP) is 3.90. The van der Waals surface area contributed by atoms with Gasteiger partial charge in [0.05, 0.1) is 7.11 Å². The Morgan fingerprint density at radius 2 is 0.911 bits per heavy atom. The number of carbonyl (C=O) groups excluding carboxylic acids is 5. The molecule has 14 heteroatoms. The van der Waals surface area contributed by atoms with Gasteiger partial charge in [0.25, 0.3) is 0 Å². The Labute approximate surface area is 268 Å². The normalized spacial score (nSPS) is 13.4. The van der Waals surface area contributed by atoms with Crippen molar-refractivity contribution in [1.29, 1.82) is 0 Å². The van der Waals surface area contributed by atoms with Crippen LogP contribution in [0.2, 0.25) is 0 Å². The quantitative estimate of drug-likeness (QED) is 0.153. The molecule has 2 atom stereocenters. The molecule has 0 saturated carbocycles. The fourth-order valence-electron chi connectivity index (χ4n) is 3.43. The van der Waals surface area contributed by atoms with Gasteiger partial charge in [-0.25, -0.2) is 19.2 Å². The molecule has 0 fully saturated rings. The van der Waals surface area contributed by atoms with Crippen molar-refractivity contribution >= 4 is 35.9 Å². The largest absolute Gasteiger partial charge is 0.480 e. The molecule has 0 aliphatic heterocycles. The minimum absolute atomic E-state index is 0.114. The van der Waals surface area contributed by atoms with Crippen LogP contribution in [0.15, 0.2) is 0 Å². The van der Waals surface area contributed by atoms with Crippen molar-refractivity contribution in [2.75, 3.05) is 7.11 Å². The van der Waals surface area contributed by atoms with Gasteiger partial charge in [0.2, 0.25) is 11.8 Å². The third-order valence-corrected chi connectivity index (χ3v) is 5.57. The number of amides is 4. The fraction of sp³-hybridized carbons (Fsp3) is 0.806. The minimum Gasteiger partial charge on any atom is -0.480 e. The Hall–Kier alpha value is -3.58. The van der Waals surface area contributed by atoms with Crippen molar-refractivity contribution in [1.82, 2.24) is 21.3 Å². The van der Waals surface area contributed by atoms with Crippen molar-refractivity contribution in [3.05, 3.63) is 0 Å². The molecule has 0 aromatic heterocycles. The topological polar surface area (TPSA) is 198 Å². The number of alkyl carbamates (subject to hydrolysis) is 2. The first-order chi connectivity index (χ1) is 20.0. The molecule has 5 N–H and O–H groups in total. The maximum Gasteiger partial charge on any atom is 0.408 e. The van der Waals surface area contributed by atoms with Gasteiger partial charge in [-0.05, 0) is 93.9 Å². The standard InChI is InChI=1S/C16H30N2O5.C15H28N2O5/c1-10(2)9-11(12(19)22-8)17-13(20)16(6,7)18-14(21)23-15(3,4)5;1-9(2)8-10(11(18)19)16-12(20)15(6,7)17-13(21)22-14(3,4)5/h10-11H,9H2,1-8H3,(H,17,20)(H,18,21);9-10H,8H2,1-7H3,(H,16,20)(H,17,21)(H,18,19)/t11-;10-/m11/s1. The average Bonchev–Trinajstić information content (AvgIpc) is 2.78. The molecule has 0 heterocycles. The highest BCUT2D eigenvalue weighted by Crippen LogP contribution is 2.13. The van der Waals surface area contributed by atoms with Gasteiger partial charge in [0, 0.05) is 0 Å². The van der Waals surface area contributed by atoms with Gasteiger partial charge < -0.3 is 40.6 Å². The number of carboxylic acids is 1. The van der Waals surface area contributed by atoms with Crippen LogP contribution in [0, 0.1) is 11.8 Å². The zero-order valence-corrected chi connectivity index (χ0v) is 29.8. The summed E-state index contributed by atoms with van der Waals surface area (Å²) in [6.45, 7) is 24.0. The molecule has 45 heavy (non-hydrogen) atoms. The lowest BCUT2D eigenvalue weighted by Crippen LogP contribution is -2.58. The van der Waals surface area contributed by atoms with E-state index in [9.17, 15) is 28.8 Å². The molecule has 0 spiro atoms. The molecule has 0 aromatic rings. The summed E-state index contributed by atoms with van der Waals surface area (Å²) in [5.41, 5.74) is -3.86. The second-order valence-corrected chi connectivity index (χ2v) is 14.7. The van der Waals surface area contributed by atoms with Crippen LogP contribution in [0.4, 0.5) is 9.59 Å². The molecule has 0 radical (unpaired) electrons. The van der Waals surface area contributed by atoms with Gasteiger partial charge in [-0.1, -0.05) is 27.7 Å². The molecule has 0 aliphatic carbocycles. The molecule has 0 aromatic carbocycles. The Bertz CT molecular complexity index is 1020. The van der Waals surface area contributed by atoms with E-state index < -0.39 is 70.3 Å². The van der Waals surface area contributed by atoms with E-state index >= 15 is 0 Å². The number of esters is 1. The first kappa shape index (κ1) is 43.5. The summed E-state index contributed by atoms with van der Waals surface area (Å²) in [6.07, 6.45) is -0.677. The summed E-state index contributed by atoms with van der Waals surface area (Å²) in [4.78, 5) is 71.1. The molecule has 0 aliphatic rings. The van der Waals surface area contributed by atoms with Crippen LogP contribution < -0.4 is 21.3 Å². The number of carbonyl (C=O) groups is 6. The first-order valence-corrected chi connectivity index (χ1v) is 15.0. The molecule has 4 amide bonds. The van der Waals surface area contributed by atoms with Gasteiger partial charge in [-0.15, -0.1) is 0 Å². The van der Waals surface area contributed by atoms with E-state index in [0.29, 0.717) is 12.8 Å². The monoisotopic (exact) mass is 646 g/mol. The number of aliphatic carboxylic acids is 1. The number of hydrogen-bond donors (Lipinski definition) is 5. The Kier molecular flexibility index (Phi) is 17.2. The third kappa shape index (κ3) is 20.1. The summed E-state index contributed by atoms with van der Waals surface area (Å²) in [5, 5.41) is 19.2. The lowest BCUT2D eigenvalue weighted by atomic mass is 10.0. The van der Waals surface area contributed by atoms with E-state index in [0.717, 1.165) is 0 Å². The van der Waals surface area contributed by atoms with Gasteiger partial charge >= 0.3 is 24.1 Å². The van der Waals surface area contributed by atoms with Crippen LogP contribution in [-0.2, 0) is 33.4 Å². The fourth-order valence-corrected chi connectivity index (χ4v) is 3.43. The van der Waals surface area contributed by atoms with E-state index in [1.165, 1.54) is 34.8 Å². The number of nitrogens with one attached hydrogen (secondary N) is 4. The Morgan fingerprint density at radius 3 is 1.18 bits per heavy atom. The predicted molar refractivity (Wildman–Crippen MR) is 169 cm³/mol. The highest BCUT2D eigenvalue weighted by Gasteiger charge is 2.36. The van der Waals surface area contributed by atoms with Gasteiger partial charge in [0.1, 0.15) is 34.4 Å². The molecule has 262 valence electrons. The molecule has 0 unspecified atom stereocenters. The third-order valence-electron chi connectivity index (χ3n) is 5.57. The summed E-state index contributed by atoms with van der Waals surface area (Å²) in [6, 6.07) is -1.75. The summed E-state index contributed by atoms with van der Waals surface area (Å²) < 4.78 is 14.9. The molecule has 0 saturated heterocycles. The average molecular weight is 647 g/mol. The maximum atomic E-state index is 12.4. The highest BCUT2D eigenvalue weighted by molar-refractivity contribution is 5.93. The van der Waals surface area contributed by atoms with Crippen molar-refractivity contribution in [2.24, 2.45) is 11.8 Å². The van der Waals surface area contributed by atoms with Crippen molar-refractivity contribution in [3.8, 4) is 0 Å². The lowest BCUT2D eigenvalue weighted by Gasteiger charge is -2.29. The van der Waals surface area contributed by atoms with E-state index in [2.05, 4.69) is 21.3 Å². The maximum absolute atomic E-state index is 12.4. The van der Waals surface area contributed by atoms with Crippen LogP contribution in [0.3, 0.4) is 0 Å². The minimum atomic E-state index is -1.28. The van der Waals surface area contributed by atoms with E-state index in [-0.39, 0.29) is 11.8 Å². The zero-order valence-electron chi connectivity index (χ0n) is 29.8. The van der Waals surface area contributed by atoms with Crippen LogP contribution in [-0.4, -0.2) is 82.5 Å². The van der Waals surface area contributed by atoms with Crippen LogP contribution in [0.1, 0.15) is 110 Å². The molecule has 0 bridgehead atoms. The van der Waals surface area contributed by atoms with Crippen LogP contribution >= 0.6 is 0 Å². The van der Waals surface area contributed by atoms with E-state index in [1.54, 1.807) is 41.5 Å².